The zero-order chi connectivity index (χ0) is 16.3. The van der Waals surface area contributed by atoms with Crippen LogP contribution in [0.4, 0.5) is 4.79 Å². The summed E-state index contributed by atoms with van der Waals surface area (Å²) in [5.41, 5.74) is -1.79. The highest BCUT2D eigenvalue weighted by molar-refractivity contribution is 5.78. The number of carboxylic acids is 1. The van der Waals surface area contributed by atoms with Crippen molar-refractivity contribution < 1.29 is 19.8 Å². The molecule has 1 heterocycles. The lowest BCUT2D eigenvalue weighted by Gasteiger charge is -2.41. The fraction of sp³-hybridized carbons (Fsp3) is 0.867. The molecule has 0 aromatic rings. The molecule has 1 atom stereocenters. The van der Waals surface area contributed by atoms with Crippen LogP contribution in [0.25, 0.3) is 0 Å². The van der Waals surface area contributed by atoms with Crippen LogP contribution in [-0.4, -0.2) is 64.3 Å². The molecule has 0 aromatic carbocycles. The van der Waals surface area contributed by atoms with Gasteiger partial charge in [-0.2, -0.15) is 0 Å². The smallest absolute Gasteiger partial charge is 0.319 e. The number of carbonyl (C=O) groups excluding carboxylic acids is 1. The number of hydrogen-bond acceptors (Lipinski definition) is 3. The second-order valence-corrected chi connectivity index (χ2v) is 6.81. The first-order valence-corrected chi connectivity index (χ1v) is 7.57. The van der Waals surface area contributed by atoms with Crippen LogP contribution in [0, 0.1) is 5.41 Å². The van der Waals surface area contributed by atoms with Crippen LogP contribution in [-0.2, 0) is 4.79 Å². The number of nitrogens with zero attached hydrogens (tertiary/aromatic N) is 2. The largest absolute Gasteiger partial charge is 0.481 e. The summed E-state index contributed by atoms with van der Waals surface area (Å²) < 4.78 is 0. The van der Waals surface area contributed by atoms with E-state index in [4.69, 9.17) is 0 Å². The fourth-order valence-electron chi connectivity index (χ4n) is 3.15. The van der Waals surface area contributed by atoms with Gasteiger partial charge in [-0.05, 0) is 33.1 Å². The van der Waals surface area contributed by atoms with Crippen LogP contribution < -0.4 is 0 Å². The number of likely N-dealkylation sites (N-methyl/N-ethyl adjacent to an activating group) is 1. The molecule has 122 valence electrons. The maximum atomic E-state index is 12.4. The number of aliphatic carboxylic acids is 1. The Labute approximate surface area is 126 Å². The van der Waals surface area contributed by atoms with E-state index in [2.05, 4.69) is 0 Å². The Morgan fingerprint density at radius 1 is 1.38 bits per heavy atom. The van der Waals surface area contributed by atoms with Gasteiger partial charge in [-0.15, -0.1) is 0 Å². The molecule has 6 heteroatoms. The Kier molecular flexibility index (Phi) is 5.61. The van der Waals surface area contributed by atoms with Crippen LogP contribution in [0.3, 0.4) is 0 Å². The number of rotatable bonds is 5. The monoisotopic (exact) mass is 300 g/mol. The van der Waals surface area contributed by atoms with Gasteiger partial charge in [0, 0.05) is 20.1 Å². The lowest BCUT2D eigenvalue weighted by Crippen LogP contribution is -2.54. The maximum Gasteiger partial charge on any atom is 0.319 e. The summed E-state index contributed by atoms with van der Waals surface area (Å²) in [6.07, 6.45) is 2.69. The summed E-state index contributed by atoms with van der Waals surface area (Å²) in [6, 6.07) is -0.210. The lowest BCUT2D eigenvalue weighted by molar-refractivity contribution is -0.152. The van der Waals surface area contributed by atoms with Gasteiger partial charge in [-0.3, -0.25) is 4.79 Å². The summed E-state index contributed by atoms with van der Waals surface area (Å²) in [7, 11) is 1.64. The van der Waals surface area contributed by atoms with Crippen molar-refractivity contribution in [2.75, 3.05) is 26.7 Å². The van der Waals surface area contributed by atoms with Gasteiger partial charge in [0.05, 0.1) is 17.6 Å². The number of piperidine rings is 1. The molecule has 0 spiro atoms. The summed E-state index contributed by atoms with van der Waals surface area (Å²) in [4.78, 5) is 27.2. The third kappa shape index (κ3) is 4.59. The first-order valence-electron chi connectivity index (χ1n) is 7.57. The van der Waals surface area contributed by atoms with Gasteiger partial charge in [0.15, 0.2) is 0 Å². The quantitative estimate of drug-likeness (QED) is 0.811. The van der Waals surface area contributed by atoms with Gasteiger partial charge in [-0.25, -0.2) is 4.79 Å². The molecule has 0 bridgehead atoms. The van der Waals surface area contributed by atoms with Crippen molar-refractivity contribution in [1.82, 2.24) is 9.80 Å². The van der Waals surface area contributed by atoms with Crippen LogP contribution in [0.5, 0.6) is 0 Å². The zero-order valence-electron chi connectivity index (χ0n) is 13.6. The van der Waals surface area contributed by atoms with E-state index >= 15 is 0 Å². The van der Waals surface area contributed by atoms with Crippen LogP contribution in [0.15, 0.2) is 0 Å². The molecule has 1 saturated heterocycles. The minimum atomic E-state index is -0.965. The van der Waals surface area contributed by atoms with Crippen molar-refractivity contribution in [3.8, 4) is 0 Å². The number of likely N-dealkylation sites (tertiary alicyclic amines) is 1. The molecule has 2 amide bonds. The number of urea groups is 1. The molecule has 1 aliphatic rings. The van der Waals surface area contributed by atoms with Gasteiger partial charge in [0.1, 0.15) is 0 Å². The van der Waals surface area contributed by atoms with Gasteiger partial charge in [0.2, 0.25) is 0 Å². The van der Waals surface area contributed by atoms with E-state index in [0.29, 0.717) is 25.8 Å². The van der Waals surface area contributed by atoms with E-state index in [0.717, 1.165) is 6.42 Å². The van der Waals surface area contributed by atoms with E-state index in [1.165, 1.54) is 4.90 Å². The van der Waals surface area contributed by atoms with Crippen molar-refractivity contribution in [2.24, 2.45) is 5.41 Å². The summed E-state index contributed by atoms with van der Waals surface area (Å²) in [6.45, 7) is 6.30. The van der Waals surface area contributed by atoms with Crippen molar-refractivity contribution >= 4 is 12.0 Å². The average molecular weight is 300 g/mol. The fourth-order valence-corrected chi connectivity index (χ4v) is 3.15. The Morgan fingerprint density at radius 3 is 2.48 bits per heavy atom. The highest BCUT2D eigenvalue weighted by Crippen LogP contribution is 2.35. The van der Waals surface area contributed by atoms with Crippen LogP contribution in [0.1, 0.15) is 46.5 Å². The molecular weight excluding hydrogens is 272 g/mol. The molecule has 0 radical (unpaired) electrons. The zero-order valence-corrected chi connectivity index (χ0v) is 13.6. The topological polar surface area (TPSA) is 81.1 Å². The predicted molar refractivity (Wildman–Crippen MR) is 80.1 cm³/mol. The van der Waals surface area contributed by atoms with Gasteiger partial charge in [0.25, 0.3) is 0 Å². The molecule has 1 unspecified atom stereocenters. The van der Waals surface area contributed by atoms with Gasteiger partial charge < -0.3 is 20.0 Å². The Morgan fingerprint density at radius 2 is 2.00 bits per heavy atom. The minimum absolute atomic E-state index is 0.210. The van der Waals surface area contributed by atoms with E-state index in [-0.39, 0.29) is 19.1 Å². The Balaban J connectivity index is 2.79. The second-order valence-electron chi connectivity index (χ2n) is 6.81. The van der Waals surface area contributed by atoms with Crippen LogP contribution >= 0.6 is 0 Å². The number of aliphatic hydroxyl groups is 1. The van der Waals surface area contributed by atoms with Crippen molar-refractivity contribution in [1.29, 1.82) is 0 Å². The predicted octanol–water partition coefficient (Wildman–Crippen LogP) is 1.78. The summed E-state index contributed by atoms with van der Waals surface area (Å²) >= 11 is 0. The summed E-state index contributed by atoms with van der Waals surface area (Å²) in [5, 5.41) is 19.4. The highest BCUT2D eigenvalue weighted by atomic mass is 16.4. The number of carboxylic acid groups (broad SMARTS) is 1. The number of amides is 2. The first kappa shape index (κ1) is 17.8. The third-order valence-corrected chi connectivity index (χ3v) is 3.98. The van der Waals surface area contributed by atoms with E-state index in [1.54, 1.807) is 25.8 Å². The molecule has 1 aliphatic heterocycles. The molecular formula is C15H28N2O4. The Bertz CT molecular complexity index is 388. The molecule has 0 aromatic heterocycles. The normalized spacial score (nSPS) is 23.0. The average Bonchev–Trinajstić information content (AvgIpc) is 2.36. The number of carbonyl (C=O) groups is 2. The van der Waals surface area contributed by atoms with Crippen molar-refractivity contribution in [3.05, 3.63) is 0 Å². The molecule has 1 rings (SSSR count). The van der Waals surface area contributed by atoms with E-state index in [1.807, 2.05) is 6.92 Å². The third-order valence-electron chi connectivity index (χ3n) is 3.98. The lowest BCUT2D eigenvalue weighted by atomic mass is 9.76. The standard InChI is InChI=1S/C15H28N2O4/c1-5-7-15(12(18)19)8-6-9-17(11-15)13(20)16(4)10-14(2,3)21/h21H,5-11H2,1-4H3,(H,18,19). The molecule has 6 nitrogen and oxygen atoms in total. The molecule has 21 heavy (non-hydrogen) atoms. The Hall–Kier alpha value is -1.30. The molecule has 2 N–H and O–H groups in total. The minimum Gasteiger partial charge on any atom is -0.481 e. The number of hydrogen-bond donors (Lipinski definition) is 2. The van der Waals surface area contributed by atoms with Crippen molar-refractivity contribution in [3.63, 3.8) is 0 Å². The van der Waals surface area contributed by atoms with E-state index in [9.17, 15) is 19.8 Å². The maximum absolute atomic E-state index is 12.4. The highest BCUT2D eigenvalue weighted by Gasteiger charge is 2.43. The first-order chi connectivity index (χ1) is 9.61. The molecule has 0 saturated carbocycles. The van der Waals surface area contributed by atoms with Crippen molar-refractivity contribution in [2.45, 2.75) is 52.1 Å². The van der Waals surface area contributed by atoms with Gasteiger partial charge >= 0.3 is 12.0 Å². The van der Waals surface area contributed by atoms with Crippen LogP contribution in [0.2, 0.25) is 0 Å². The van der Waals surface area contributed by atoms with E-state index < -0.39 is 17.0 Å². The second kappa shape index (κ2) is 6.64. The molecule has 0 aliphatic carbocycles. The SMILES string of the molecule is CCCC1(C(=O)O)CCCN(C(=O)N(C)CC(C)(C)O)C1. The summed E-state index contributed by atoms with van der Waals surface area (Å²) in [5.74, 6) is -0.813. The molecule has 1 fully saturated rings. The van der Waals surface area contributed by atoms with Gasteiger partial charge in [-0.1, -0.05) is 13.3 Å².